The molecule has 6 heteroatoms. The summed E-state index contributed by atoms with van der Waals surface area (Å²) in [6.07, 6.45) is 3.46. The Morgan fingerprint density at radius 2 is 2.14 bits per heavy atom. The van der Waals surface area contributed by atoms with E-state index < -0.39 is 10.0 Å². The number of nitrogens with one attached hydrogen (secondary N) is 1. The Labute approximate surface area is 133 Å². The van der Waals surface area contributed by atoms with Crippen molar-refractivity contribution in [2.45, 2.75) is 44.1 Å². The van der Waals surface area contributed by atoms with Gasteiger partial charge in [0.2, 0.25) is 10.0 Å². The molecule has 1 aliphatic carbocycles. The van der Waals surface area contributed by atoms with Crippen LogP contribution in [0.2, 0.25) is 0 Å². The highest BCUT2D eigenvalue weighted by atomic mass is 32.2. The quantitative estimate of drug-likeness (QED) is 0.671. The summed E-state index contributed by atoms with van der Waals surface area (Å²) in [4.78, 5) is 0.226. The minimum atomic E-state index is -3.52. The second-order valence-electron chi connectivity index (χ2n) is 5.72. The van der Waals surface area contributed by atoms with Crippen molar-refractivity contribution in [3.05, 3.63) is 24.3 Å². The summed E-state index contributed by atoms with van der Waals surface area (Å²) >= 11 is 0. The van der Waals surface area contributed by atoms with E-state index in [4.69, 9.17) is 9.47 Å². The lowest BCUT2D eigenvalue weighted by Gasteiger charge is -2.12. The van der Waals surface area contributed by atoms with E-state index in [1.807, 2.05) is 13.8 Å². The third-order valence-electron chi connectivity index (χ3n) is 3.67. The molecule has 0 radical (unpaired) electrons. The summed E-state index contributed by atoms with van der Waals surface area (Å²) in [5, 5.41) is 0. The summed E-state index contributed by atoms with van der Waals surface area (Å²) in [5.41, 5.74) is 0. The van der Waals surface area contributed by atoms with E-state index >= 15 is 0 Å². The van der Waals surface area contributed by atoms with E-state index in [0.29, 0.717) is 24.9 Å². The SMILES string of the molecule is CCC(C)OCCNS(=O)(=O)c1cccc(OCC2CC2)c1. The van der Waals surface area contributed by atoms with Gasteiger partial charge in [-0.15, -0.1) is 0 Å². The smallest absolute Gasteiger partial charge is 0.240 e. The standard InChI is InChI=1S/C16H25NO4S/c1-3-13(2)20-10-9-17-22(18,19)16-6-4-5-15(11-16)21-12-14-7-8-14/h4-6,11,13-14,17H,3,7-10,12H2,1-2H3. The van der Waals surface area contributed by atoms with E-state index in [1.54, 1.807) is 24.3 Å². The molecular weight excluding hydrogens is 302 g/mol. The fourth-order valence-corrected chi connectivity index (χ4v) is 2.91. The third kappa shape index (κ3) is 5.59. The molecule has 0 aliphatic heterocycles. The molecule has 0 aromatic heterocycles. The van der Waals surface area contributed by atoms with E-state index in [2.05, 4.69) is 4.72 Å². The highest BCUT2D eigenvalue weighted by Gasteiger charge is 2.22. The molecule has 2 rings (SSSR count). The second-order valence-corrected chi connectivity index (χ2v) is 7.48. The lowest BCUT2D eigenvalue weighted by atomic mass is 10.3. The molecule has 0 saturated heterocycles. The molecule has 124 valence electrons. The van der Waals surface area contributed by atoms with Crippen LogP contribution in [0.3, 0.4) is 0 Å². The van der Waals surface area contributed by atoms with E-state index in [9.17, 15) is 8.42 Å². The second kappa shape index (κ2) is 7.94. The summed E-state index contributed by atoms with van der Waals surface area (Å²) in [5.74, 6) is 1.24. The highest BCUT2D eigenvalue weighted by Crippen LogP contribution is 2.29. The number of rotatable bonds is 10. The van der Waals surface area contributed by atoms with Crippen molar-refractivity contribution in [1.29, 1.82) is 0 Å². The first kappa shape index (κ1) is 17.2. The fraction of sp³-hybridized carbons (Fsp3) is 0.625. The van der Waals surface area contributed by atoms with Crippen LogP contribution in [0.25, 0.3) is 0 Å². The van der Waals surface area contributed by atoms with Crippen molar-refractivity contribution >= 4 is 10.0 Å². The lowest BCUT2D eigenvalue weighted by Crippen LogP contribution is -2.28. The summed E-state index contributed by atoms with van der Waals surface area (Å²) in [7, 11) is -3.52. The van der Waals surface area contributed by atoms with Crippen LogP contribution in [-0.4, -0.2) is 34.3 Å². The van der Waals surface area contributed by atoms with Gasteiger partial charge in [0.05, 0.1) is 24.2 Å². The van der Waals surface area contributed by atoms with Crippen molar-refractivity contribution in [2.75, 3.05) is 19.8 Å². The first-order valence-corrected chi connectivity index (χ1v) is 9.33. The molecule has 1 atom stereocenters. The summed E-state index contributed by atoms with van der Waals surface area (Å²) in [6, 6.07) is 6.63. The Balaban J connectivity index is 1.86. The van der Waals surface area contributed by atoms with Gasteiger partial charge < -0.3 is 9.47 Å². The Morgan fingerprint density at radius 3 is 2.82 bits per heavy atom. The highest BCUT2D eigenvalue weighted by molar-refractivity contribution is 7.89. The zero-order chi connectivity index (χ0) is 16.0. The molecule has 0 heterocycles. The monoisotopic (exact) mass is 327 g/mol. The molecular formula is C16H25NO4S. The van der Waals surface area contributed by atoms with Gasteiger partial charge in [0.1, 0.15) is 5.75 Å². The largest absolute Gasteiger partial charge is 0.493 e. The van der Waals surface area contributed by atoms with Crippen LogP contribution in [0.1, 0.15) is 33.1 Å². The summed E-state index contributed by atoms with van der Waals surface area (Å²) < 4.78 is 38.1. The zero-order valence-corrected chi connectivity index (χ0v) is 14.1. The predicted molar refractivity (Wildman–Crippen MR) is 85.6 cm³/mol. The maximum Gasteiger partial charge on any atom is 0.240 e. The molecule has 1 N–H and O–H groups in total. The Hall–Kier alpha value is -1.11. The van der Waals surface area contributed by atoms with Crippen LogP contribution >= 0.6 is 0 Å². The first-order chi connectivity index (χ1) is 10.5. The Kier molecular flexibility index (Phi) is 6.23. The lowest BCUT2D eigenvalue weighted by molar-refractivity contribution is 0.0679. The van der Waals surface area contributed by atoms with Gasteiger partial charge in [-0.25, -0.2) is 13.1 Å². The van der Waals surface area contributed by atoms with Gasteiger partial charge in [0.15, 0.2) is 0 Å². The normalized spacial score (nSPS) is 16.5. The molecule has 0 amide bonds. The van der Waals surface area contributed by atoms with Crippen LogP contribution in [-0.2, 0) is 14.8 Å². The predicted octanol–water partition coefficient (Wildman–Crippen LogP) is 2.57. The van der Waals surface area contributed by atoms with E-state index in [0.717, 1.165) is 6.42 Å². The topological polar surface area (TPSA) is 64.6 Å². The molecule has 0 bridgehead atoms. The number of hydrogen-bond acceptors (Lipinski definition) is 4. The molecule has 22 heavy (non-hydrogen) atoms. The summed E-state index contributed by atoms with van der Waals surface area (Å²) in [6.45, 7) is 5.29. The molecule has 1 aromatic rings. The van der Waals surface area contributed by atoms with Crippen LogP contribution < -0.4 is 9.46 Å². The van der Waals surface area contributed by atoms with Gasteiger partial charge in [-0.05, 0) is 44.2 Å². The molecule has 1 saturated carbocycles. The fourth-order valence-electron chi connectivity index (χ4n) is 1.87. The van der Waals surface area contributed by atoms with Gasteiger partial charge in [0.25, 0.3) is 0 Å². The van der Waals surface area contributed by atoms with Crippen molar-refractivity contribution in [3.8, 4) is 5.75 Å². The number of sulfonamides is 1. The van der Waals surface area contributed by atoms with Crippen LogP contribution in [0.5, 0.6) is 5.75 Å². The molecule has 1 unspecified atom stereocenters. The van der Waals surface area contributed by atoms with Crippen LogP contribution in [0, 0.1) is 5.92 Å². The van der Waals surface area contributed by atoms with Gasteiger partial charge in [-0.1, -0.05) is 13.0 Å². The van der Waals surface area contributed by atoms with Gasteiger partial charge in [0, 0.05) is 12.6 Å². The average Bonchev–Trinajstić information content (AvgIpc) is 3.34. The third-order valence-corrected chi connectivity index (χ3v) is 5.13. The van der Waals surface area contributed by atoms with Gasteiger partial charge in [-0.3, -0.25) is 0 Å². The number of hydrogen-bond donors (Lipinski definition) is 1. The van der Waals surface area contributed by atoms with Gasteiger partial charge >= 0.3 is 0 Å². The molecule has 1 fully saturated rings. The number of benzene rings is 1. The van der Waals surface area contributed by atoms with Crippen molar-refractivity contribution in [3.63, 3.8) is 0 Å². The maximum atomic E-state index is 12.2. The molecule has 5 nitrogen and oxygen atoms in total. The van der Waals surface area contributed by atoms with E-state index in [-0.39, 0.29) is 17.5 Å². The minimum absolute atomic E-state index is 0.142. The van der Waals surface area contributed by atoms with Crippen molar-refractivity contribution in [2.24, 2.45) is 5.92 Å². The van der Waals surface area contributed by atoms with Crippen LogP contribution in [0.15, 0.2) is 29.2 Å². The maximum absolute atomic E-state index is 12.2. The van der Waals surface area contributed by atoms with Crippen molar-refractivity contribution in [1.82, 2.24) is 4.72 Å². The van der Waals surface area contributed by atoms with Gasteiger partial charge in [-0.2, -0.15) is 0 Å². The average molecular weight is 327 g/mol. The first-order valence-electron chi connectivity index (χ1n) is 7.85. The molecule has 0 spiro atoms. The minimum Gasteiger partial charge on any atom is -0.493 e. The number of ether oxygens (including phenoxy) is 2. The Morgan fingerprint density at radius 1 is 1.36 bits per heavy atom. The zero-order valence-electron chi connectivity index (χ0n) is 13.2. The molecule has 1 aliphatic rings. The van der Waals surface area contributed by atoms with Crippen LogP contribution in [0.4, 0.5) is 0 Å². The Bertz CT molecular complexity index is 569. The molecule has 1 aromatic carbocycles. The van der Waals surface area contributed by atoms with E-state index in [1.165, 1.54) is 12.8 Å². The van der Waals surface area contributed by atoms with Crippen molar-refractivity contribution < 1.29 is 17.9 Å².